The standard InChI is InChI=1S/C11H13NO5S/c1-6-8(11(14)15)4-3-5-9(6)18(16,17)7(2)10(12)13/h3-5,7H,1-2H3,(H2,12,13)(H,14,15). The van der Waals surface area contributed by atoms with Gasteiger partial charge in [-0.2, -0.15) is 0 Å². The minimum absolute atomic E-state index is 0.0955. The molecule has 1 aromatic rings. The van der Waals surface area contributed by atoms with E-state index in [4.69, 9.17) is 10.8 Å². The Morgan fingerprint density at radius 2 is 1.89 bits per heavy atom. The molecular formula is C11H13NO5S. The number of primary amides is 1. The second kappa shape index (κ2) is 4.77. The number of rotatable bonds is 4. The van der Waals surface area contributed by atoms with E-state index in [0.29, 0.717) is 0 Å². The molecule has 0 aliphatic carbocycles. The van der Waals surface area contributed by atoms with Crippen LogP contribution >= 0.6 is 0 Å². The number of amides is 1. The van der Waals surface area contributed by atoms with E-state index in [1.807, 2.05) is 0 Å². The Kier molecular flexibility index (Phi) is 3.76. The van der Waals surface area contributed by atoms with E-state index in [2.05, 4.69) is 0 Å². The normalized spacial score (nSPS) is 13.0. The van der Waals surface area contributed by atoms with Crippen LogP contribution in [0, 0.1) is 6.92 Å². The number of aromatic carboxylic acids is 1. The molecule has 0 aromatic heterocycles. The summed E-state index contributed by atoms with van der Waals surface area (Å²) in [6.45, 7) is 2.55. The number of nitrogens with two attached hydrogens (primary N) is 1. The van der Waals surface area contributed by atoms with Gasteiger partial charge in [0.1, 0.15) is 5.25 Å². The molecule has 1 amide bonds. The summed E-state index contributed by atoms with van der Waals surface area (Å²) in [5.74, 6) is -2.20. The third-order valence-electron chi connectivity index (χ3n) is 2.69. The van der Waals surface area contributed by atoms with Crippen molar-refractivity contribution in [3.63, 3.8) is 0 Å². The van der Waals surface area contributed by atoms with E-state index < -0.39 is 27.0 Å². The van der Waals surface area contributed by atoms with Crippen molar-refractivity contribution in [1.29, 1.82) is 0 Å². The van der Waals surface area contributed by atoms with Gasteiger partial charge in [-0.25, -0.2) is 13.2 Å². The van der Waals surface area contributed by atoms with Gasteiger partial charge in [0.25, 0.3) is 0 Å². The maximum atomic E-state index is 12.1. The van der Waals surface area contributed by atoms with Gasteiger partial charge in [-0.05, 0) is 31.5 Å². The van der Waals surface area contributed by atoms with Crippen LogP contribution in [0.15, 0.2) is 23.1 Å². The number of sulfone groups is 1. The van der Waals surface area contributed by atoms with E-state index in [9.17, 15) is 18.0 Å². The van der Waals surface area contributed by atoms with Gasteiger partial charge in [0.15, 0.2) is 9.84 Å². The molecule has 6 nitrogen and oxygen atoms in total. The summed E-state index contributed by atoms with van der Waals surface area (Å²) in [4.78, 5) is 21.7. The molecule has 98 valence electrons. The van der Waals surface area contributed by atoms with Crippen LogP contribution in [0.2, 0.25) is 0 Å². The first-order valence-corrected chi connectivity index (χ1v) is 6.60. The Labute approximate surface area is 104 Å². The van der Waals surface area contributed by atoms with Gasteiger partial charge in [0.05, 0.1) is 10.5 Å². The van der Waals surface area contributed by atoms with Gasteiger partial charge in [0, 0.05) is 0 Å². The highest BCUT2D eigenvalue weighted by atomic mass is 32.2. The molecule has 0 radical (unpaired) electrons. The molecule has 1 rings (SSSR count). The predicted octanol–water partition coefficient (Wildman–Crippen LogP) is 0.341. The summed E-state index contributed by atoms with van der Waals surface area (Å²) in [6, 6.07) is 3.87. The minimum Gasteiger partial charge on any atom is -0.478 e. The topological polar surface area (TPSA) is 115 Å². The molecule has 1 unspecified atom stereocenters. The monoisotopic (exact) mass is 271 g/mol. The van der Waals surface area contributed by atoms with E-state index >= 15 is 0 Å². The van der Waals surface area contributed by atoms with Crippen molar-refractivity contribution in [2.24, 2.45) is 5.73 Å². The van der Waals surface area contributed by atoms with Gasteiger partial charge < -0.3 is 10.8 Å². The molecule has 0 saturated heterocycles. The summed E-state index contributed by atoms with van der Waals surface area (Å²) in [6.07, 6.45) is 0. The largest absolute Gasteiger partial charge is 0.478 e. The second-order valence-corrected chi connectivity index (χ2v) is 6.06. The summed E-state index contributed by atoms with van der Waals surface area (Å²) in [5.41, 5.74) is 4.95. The lowest BCUT2D eigenvalue weighted by Crippen LogP contribution is -2.33. The Hall–Kier alpha value is -1.89. The van der Waals surface area contributed by atoms with Gasteiger partial charge in [-0.1, -0.05) is 6.07 Å². The Morgan fingerprint density at radius 3 is 2.33 bits per heavy atom. The molecule has 7 heteroatoms. The van der Waals surface area contributed by atoms with E-state index in [1.54, 1.807) is 0 Å². The smallest absolute Gasteiger partial charge is 0.335 e. The Bertz CT molecular complexity index is 606. The lowest BCUT2D eigenvalue weighted by atomic mass is 10.1. The van der Waals surface area contributed by atoms with Crippen molar-refractivity contribution in [2.75, 3.05) is 0 Å². The third-order valence-corrected chi connectivity index (χ3v) is 4.91. The zero-order valence-electron chi connectivity index (χ0n) is 9.88. The maximum Gasteiger partial charge on any atom is 0.335 e. The third kappa shape index (κ3) is 2.35. The first kappa shape index (κ1) is 14.2. The van der Waals surface area contributed by atoms with Crippen molar-refractivity contribution < 1.29 is 23.1 Å². The summed E-state index contributed by atoms with van der Waals surface area (Å²) in [5, 5.41) is 7.51. The first-order chi connectivity index (χ1) is 8.19. The highest BCUT2D eigenvalue weighted by Gasteiger charge is 2.30. The van der Waals surface area contributed by atoms with Crippen LogP contribution in [-0.2, 0) is 14.6 Å². The van der Waals surface area contributed by atoms with E-state index in [0.717, 1.165) is 0 Å². The van der Waals surface area contributed by atoms with Gasteiger partial charge in [0.2, 0.25) is 5.91 Å². The van der Waals surface area contributed by atoms with E-state index in [-0.39, 0.29) is 16.0 Å². The number of carbonyl (C=O) groups is 2. The highest BCUT2D eigenvalue weighted by molar-refractivity contribution is 7.92. The van der Waals surface area contributed by atoms with Crippen LogP contribution in [-0.4, -0.2) is 30.7 Å². The molecule has 0 saturated carbocycles. The molecule has 3 N–H and O–H groups in total. The fourth-order valence-corrected chi connectivity index (χ4v) is 2.99. The van der Waals surface area contributed by atoms with Gasteiger partial charge >= 0.3 is 5.97 Å². The van der Waals surface area contributed by atoms with Crippen molar-refractivity contribution in [3.8, 4) is 0 Å². The number of carbonyl (C=O) groups excluding carboxylic acids is 1. The van der Waals surface area contributed by atoms with Crippen molar-refractivity contribution in [3.05, 3.63) is 29.3 Å². The van der Waals surface area contributed by atoms with Crippen LogP contribution in [0.1, 0.15) is 22.8 Å². The average molecular weight is 271 g/mol. The fraction of sp³-hybridized carbons (Fsp3) is 0.273. The fourth-order valence-electron chi connectivity index (χ4n) is 1.50. The molecule has 0 fully saturated rings. The molecule has 0 spiro atoms. The lowest BCUT2D eigenvalue weighted by molar-refractivity contribution is -0.117. The van der Waals surface area contributed by atoms with Crippen LogP contribution in [0.3, 0.4) is 0 Å². The second-order valence-electron chi connectivity index (χ2n) is 3.82. The molecule has 1 aromatic carbocycles. The molecule has 0 aliphatic heterocycles. The summed E-state index contributed by atoms with van der Waals surface area (Å²) < 4.78 is 24.2. The molecule has 18 heavy (non-hydrogen) atoms. The van der Waals surface area contributed by atoms with Crippen molar-refractivity contribution >= 4 is 21.7 Å². The molecule has 1 atom stereocenters. The zero-order valence-corrected chi connectivity index (χ0v) is 10.7. The summed E-state index contributed by atoms with van der Waals surface area (Å²) >= 11 is 0. The van der Waals surface area contributed by atoms with Gasteiger partial charge in [-0.15, -0.1) is 0 Å². The van der Waals surface area contributed by atoms with Crippen molar-refractivity contribution in [2.45, 2.75) is 24.0 Å². The SMILES string of the molecule is Cc1c(C(=O)O)cccc1S(=O)(=O)C(C)C(N)=O. The van der Waals surface area contributed by atoms with Crippen LogP contribution in [0.5, 0.6) is 0 Å². The quantitative estimate of drug-likeness (QED) is 0.819. The number of benzene rings is 1. The Balaban J connectivity index is 3.48. The van der Waals surface area contributed by atoms with Gasteiger partial charge in [-0.3, -0.25) is 4.79 Å². The first-order valence-electron chi connectivity index (χ1n) is 5.05. The predicted molar refractivity (Wildman–Crippen MR) is 64.0 cm³/mol. The molecule has 0 bridgehead atoms. The number of hydrogen-bond acceptors (Lipinski definition) is 4. The Morgan fingerprint density at radius 1 is 1.33 bits per heavy atom. The zero-order chi connectivity index (χ0) is 14.1. The number of hydrogen-bond donors (Lipinski definition) is 2. The number of carboxylic acid groups (broad SMARTS) is 1. The lowest BCUT2D eigenvalue weighted by Gasteiger charge is -2.13. The maximum absolute atomic E-state index is 12.1. The highest BCUT2D eigenvalue weighted by Crippen LogP contribution is 2.23. The molecule has 0 heterocycles. The van der Waals surface area contributed by atoms with Crippen molar-refractivity contribution in [1.82, 2.24) is 0 Å². The number of carboxylic acids is 1. The van der Waals surface area contributed by atoms with Crippen LogP contribution in [0.4, 0.5) is 0 Å². The van der Waals surface area contributed by atoms with Crippen LogP contribution in [0.25, 0.3) is 0 Å². The summed E-state index contributed by atoms with van der Waals surface area (Å²) in [7, 11) is -3.96. The van der Waals surface area contributed by atoms with E-state index in [1.165, 1.54) is 32.0 Å². The average Bonchev–Trinajstić information content (AvgIpc) is 2.27. The van der Waals surface area contributed by atoms with Crippen LogP contribution < -0.4 is 5.73 Å². The minimum atomic E-state index is -3.96. The molecular weight excluding hydrogens is 258 g/mol. The molecule has 0 aliphatic rings.